The number of ether oxygens (including phenoxy) is 2. The standard InChI is InChI=1S/C21H22N2O4/c1-14-6-7-16-12-22(20(24)15-4-3-5-18(11-15)26-2)9-8-17-13-27-21(25)23(17)19(16)10-14/h3-7,10-11,17H,8-9,12-13H2,1-2H3. The summed E-state index contributed by atoms with van der Waals surface area (Å²) in [6, 6.07) is 13.1. The number of carbonyl (C=O) groups excluding carboxylic acids is 2. The van der Waals surface area contributed by atoms with Gasteiger partial charge >= 0.3 is 6.09 Å². The molecule has 4 rings (SSSR count). The fourth-order valence-electron chi connectivity index (χ4n) is 3.70. The Morgan fingerprint density at radius 1 is 1.22 bits per heavy atom. The van der Waals surface area contributed by atoms with Crippen LogP contribution in [0.4, 0.5) is 10.5 Å². The number of amides is 2. The summed E-state index contributed by atoms with van der Waals surface area (Å²) >= 11 is 0. The van der Waals surface area contributed by atoms with Crippen LogP contribution in [0.25, 0.3) is 0 Å². The van der Waals surface area contributed by atoms with Crippen LogP contribution in [0.1, 0.15) is 27.9 Å². The predicted molar refractivity (Wildman–Crippen MR) is 101 cm³/mol. The zero-order valence-corrected chi connectivity index (χ0v) is 15.5. The lowest BCUT2D eigenvalue weighted by molar-refractivity contribution is 0.0734. The van der Waals surface area contributed by atoms with Crippen LogP contribution < -0.4 is 9.64 Å². The van der Waals surface area contributed by atoms with Gasteiger partial charge in [-0.2, -0.15) is 0 Å². The van der Waals surface area contributed by atoms with Crippen molar-refractivity contribution in [1.29, 1.82) is 0 Å². The Morgan fingerprint density at radius 2 is 2.07 bits per heavy atom. The van der Waals surface area contributed by atoms with E-state index >= 15 is 0 Å². The minimum Gasteiger partial charge on any atom is -0.497 e. The van der Waals surface area contributed by atoms with Gasteiger partial charge in [-0.3, -0.25) is 9.69 Å². The van der Waals surface area contributed by atoms with Gasteiger partial charge in [-0.1, -0.05) is 18.2 Å². The van der Waals surface area contributed by atoms with Crippen LogP contribution in [-0.4, -0.2) is 43.2 Å². The van der Waals surface area contributed by atoms with Gasteiger partial charge < -0.3 is 14.4 Å². The first kappa shape index (κ1) is 17.4. The number of rotatable bonds is 2. The Kier molecular flexibility index (Phi) is 4.48. The maximum Gasteiger partial charge on any atom is 0.414 e. The Balaban J connectivity index is 1.69. The fourth-order valence-corrected chi connectivity index (χ4v) is 3.70. The molecule has 140 valence electrons. The summed E-state index contributed by atoms with van der Waals surface area (Å²) in [5, 5.41) is 0. The molecule has 2 aromatic carbocycles. The molecule has 1 atom stereocenters. The van der Waals surface area contributed by atoms with Crippen molar-refractivity contribution in [3.63, 3.8) is 0 Å². The molecular formula is C21H22N2O4. The monoisotopic (exact) mass is 366 g/mol. The van der Waals surface area contributed by atoms with Crippen LogP contribution in [0.2, 0.25) is 0 Å². The first-order valence-corrected chi connectivity index (χ1v) is 9.05. The molecule has 0 aliphatic carbocycles. The van der Waals surface area contributed by atoms with Gasteiger partial charge in [0.15, 0.2) is 0 Å². The van der Waals surface area contributed by atoms with Crippen molar-refractivity contribution in [2.75, 3.05) is 25.2 Å². The number of anilines is 1. The Bertz CT molecular complexity index is 896. The molecule has 1 unspecified atom stereocenters. The number of cyclic esters (lactones) is 1. The SMILES string of the molecule is COc1cccc(C(=O)N2CCC3COC(=O)N3c3cc(C)ccc3C2)c1. The first-order chi connectivity index (χ1) is 13.1. The highest BCUT2D eigenvalue weighted by molar-refractivity contribution is 5.95. The summed E-state index contributed by atoms with van der Waals surface area (Å²) < 4.78 is 10.5. The van der Waals surface area contributed by atoms with Crippen molar-refractivity contribution in [2.24, 2.45) is 0 Å². The second-order valence-electron chi connectivity index (χ2n) is 6.98. The molecule has 2 aliphatic heterocycles. The third-order valence-electron chi connectivity index (χ3n) is 5.16. The van der Waals surface area contributed by atoms with Crippen molar-refractivity contribution in [1.82, 2.24) is 4.90 Å². The van der Waals surface area contributed by atoms with E-state index in [9.17, 15) is 9.59 Å². The number of hydrogen-bond donors (Lipinski definition) is 0. The first-order valence-electron chi connectivity index (χ1n) is 9.05. The van der Waals surface area contributed by atoms with E-state index in [1.165, 1.54) is 0 Å². The van der Waals surface area contributed by atoms with Crippen molar-refractivity contribution in [2.45, 2.75) is 25.9 Å². The summed E-state index contributed by atoms with van der Waals surface area (Å²) in [6.07, 6.45) is 0.369. The van der Waals surface area contributed by atoms with E-state index < -0.39 is 0 Å². The van der Waals surface area contributed by atoms with Crippen molar-refractivity contribution >= 4 is 17.7 Å². The Labute approximate surface area is 158 Å². The molecule has 2 aliphatic rings. The largest absolute Gasteiger partial charge is 0.497 e. The van der Waals surface area contributed by atoms with Gasteiger partial charge in [-0.25, -0.2) is 4.79 Å². The second-order valence-corrected chi connectivity index (χ2v) is 6.98. The molecule has 2 heterocycles. The summed E-state index contributed by atoms with van der Waals surface area (Å²) in [4.78, 5) is 29.0. The molecule has 0 radical (unpaired) electrons. The highest BCUT2D eigenvalue weighted by atomic mass is 16.6. The number of carbonyl (C=O) groups is 2. The summed E-state index contributed by atoms with van der Waals surface area (Å²) in [5.74, 6) is 0.615. The molecule has 0 aromatic heterocycles. The number of aryl methyl sites for hydroxylation is 1. The third kappa shape index (κ3) is 3.23. The van der Waals surface area contributed by atoms with Gasteiger partial charge in [-0.15, -0.1) is 0 Å². The van der Waals surface area contributed by atoms with Gasteiger partial charge in [0.1, 0.15) is 12.4 Å². The zero-order chi connectivity index (χ0) is 19.0. The Morgan fingerprint density at radius 3 is 2.89 bits per heavy atom. The van der Waals surface area contributed by atoms with Crippen molar-refractivity contribution in [3.8, 4) is 5.75 Å². The minimum atomic E-state index is -0.306. The molecule has 2 amide bonds. The van der Waals surface area contributed by atoms with Gasteiger partial charge in [0, 0.05) is 18.7 Å². The second kappa shape index (κ2) is 6.95. The summed E-state index contributed by atoms with van der Waals surface area (Å²) in [6.45, 7) is 3.35. The van der Waals surface area contributed by atoms with Crippen LogP contribution in [0, 0.1) is 6.92 Å². The molecule has 2 aromatic rings. The van der Waals surface area contributed by atoms with Crippen molar-refractivity contribution in [3.05, 3.63) is 59.2 Å². The topological polar surface area (TPSA) is 59.1 Å². The van der Waals surface area contributed by atoms with Gasteiger partial charge in [-0.05, 0) is 48.7 Å². The predicted octanol–water partition coefficient (Wildman–Crippen LogP) is 3.37. The van der Waals surface area contributed by atoms with Crippen LogP contribution in [0.5, 0.6) is 5.75 Å². The molecule has 0 N–H and O–H groups in total. The van der Waals surface area contributed by atoms with E-state index in [2.05, 4.69) is 0 Å². The highest BCUT2D eigenvalue weighted by Crippen LogP contribution is 2.33. The van der Waals surface area contributed by atoms with E-state index in [1.807, 2.05) is 42.2 Å². The molecule has 6 heteroatoms. The number of benzene rings is 2. The lowest BCUT2D eigenvalue weighted by Crippen LogP contribution is -2.42. The molecule has 6 nitrogen and oxygen atoms in total. The van der Waals surface area contributed by atoms with Crippen LogP contribution >= 0.6 is 0 Å². The van der Waals surface area contributed by atoms with Gasteiger partial charge in [0.2, 0.25) is 0 Å². The van der Waals surface area contributed by atoms with Gasteiger partial charge in [0.05, 0.1) is 18.8 Å². The Hall–Kier alpha value is -3.02. The highest BCUT2D eigenvalue weighted by Gasteiger charge is 2.37. The molecule has 1 saturated heterocycles. The van der Waals surface area contributed by atoms with E-state index in [4.69, 9.17) is 9.47 Å². The molecular weight excluding hydrogens is 344 g/mol. The van der Waals surface area contributed by atoms with Crippen LogP contribution in [0.15, 0.2) is 42.5 Å². The third-order valence-corrected chi connectivity index (χ3v) is 5.16. The maximum atomic E-state index is 13.1. The number of hydrogen-bond acceptors (Lipinski definition) is 4. The number of fused-ring (bicyclic) bond motifs is 3. The van der Waals surface area contributed by atoms with Crippen LogP contribution in [0.3, 0.4) is 0 Å². The summed E-state index contributed by atoms with van der Waals surface area (Å²) in [5.41, 5.74) is 3.45. The van der Waals surface area contributed by atoms with E-state index in [-0.39, 0.29) is 18.0 Å². The average Bonchev–Trinajstić information content (AvgIpc) is 3.03. The van der Waals surface area contributed by atoms with Crippen molar-refractivity contribution < 1.29 is 19.1 Å². The molecule has 0 spiro atoms. The fraction of sp³-hybridized carbons (Fsp3) is 0.333. The minimum absolute atomic E-state index is 0.0425. The maximum absolute atomic E-state index is 13.1. The summed E-state index contributed by atoms with van der Waals surface area (Å²) in [7, 11) is 1.59. The normalized spacial score (nSPS) is 18.9. The number of methoxy groups -OCH3 is 1. The van der Waals surface area contributed by atoms with Gasteiger partial charge in [0.25, 0.3) is 5.91 Å². The number of nitrogens with zero attached hydrogens (tertiary/aromatic N) is 2. The quantitative estimate of drug-likeness (QED) is 0.818. The van der Waals surface area contributed by atoms with Crippen LogP contribution in [-0.2, 0) is 11.3 Å². The van der Waals surface area contributed by atoms with E-state index in [1.54, 1.807) is 24.1 Å². The van der Waals surface area contributed by atoms with E-state index in [0.29, 0.717) is 37.4 Å². The van der Waals surface area contributed by atoms with E-state index in [0.717, 1.165) is 16.8 Å². The molecule has 1 fully saturated rings. The molecule has 0 bridgehead atoms. The average molecular weight is 366 g/mol. The lowest BCUT2D eigenvalue weighted by Gasteiger charge is -2.32. The smallest absolute Gasteiger partial charge is 0.414 e. The zero-order valence-electron chi connectivity index (χ0n) is 15.5. The molecule has 27 heavy (non-hydrogen) atoms. The lowest BCUT2D eigenvalue weighted by atomic mass is 10.0. The molecule has 0 saturated carbocycles.